The molecule has 1 N–H and O–H groups in total. The van der Waals surface area contributed by atoms with E-state index in [1.165, 1.54) is 28.9 Å². The van der Waals surface area contributed by atoms with Crippen molar-refractivity contribution < 1.29 is 0 Å². The minimum Gasteiger partial charge on any atom is -0.316 e. The summed E-state index contributed by atoms with van der Waals surface area (Å²) in [6.45, 7) is 4.03. The monoisotopic (exact) mass is 376 g/mol. The minimum absolute atomic E-state index is 0.304. The summed E-state index contributed by atoms with van der Waals surface area (Å²) in [6.07, 6.45) is 7.68. The van der Waals surface area contributed by atoms with Gasteiger partial charge in [-0.05, 0) is 49.6 Å². The lowest BCUT2D eigenvalue weighted by atomic mass is 10.1. The van der Waals surface area contributed by atoms with Gasteiger partial charge in [-0.25, -0.2) is 9.97 Å². The number of hydrogen-bond donors (Lipinski definition) is 1. The summed E-state index contributed by atoms with van der Waals surface area (Å²) >= 11 is 1.33. The fraction of sp³-hybridized carbons (Fsp3) is 0.300. The molecular weight excluding hydrogens is 356 g/mol. The summed E-state index contributed by atoms with van der Waals surface area (Å²) in [5, 5.41) is 12.8. The number of thiazole rings is 1. The molecule has 27 heavy (non-hydrogen) atoms. The molecule has 0 amide bonds. The fourth-order valence-electron chi connectivity index (χ4n) is 3.49. The summed E-state index contributed by atoms with van der Waals surface area (Å²) in [6, 6.07) is 10.6. The lowest BCUT2D eigenvalue weighted by Gasteiger charge is -2.24. The predicted octanol–water partition coefficient (Wildman–Crippen LogP) is 4.19. The van der Waals surface area contributed by atoms with Crippen LogP contribution < -0.4 is 5.32 Å². The van der Waals surface area contributed by atoms with Crippen LogP contribution in [0.2, 0.25) is 0 Å². The molecule has 0 radical (unpaired) electrons. The topological polar surface area (TPSA) is 77.7 Å². The first-order valence-corrected chi connectivity index (χ1v) is 9.77. The number of rotatable bonds is 5. The Labute approximate surface area is 162 Å². The van der Waals surface area contributed by atoms with E-state index in [1.807, 2.05) is 24.5 Å². The van der Waals surface area contributed by atoms with Gasteiger partial charge >= 0.3 is 0 Å². The van der Waals surface area contributed by atoms with Gasteiger partial charge in [0.25, 0.3) is 0 Å². The van der Waals surface area contributed by atoms with Crippen molar-refractivity contribution in [2.75, 3.05) is 11.9 Å². The molecule has 0 unspecified atom stereocenters. The second-order valence-corrected chi connectivity index (χ2v) is 7.74. The van der Waals surface area contributed by atoms with Crippen LogP contribution in [0.25, 0.3) is 0 Å². The van der Waals surface area contributed by atoms with Crippen molar-refractivity contribution in [3.05, 3.63) is 64.6 Å². The van der Waals surface area contributed by atoms with Crippen LogP contribution in [0.4, 0.5) is 10.9 Å². The zero-order valence-corrected chi connectivity index (χ0v) is 15.9. The van der Waals surface area contributed by atoms with Gasteiger partial charge < -0.3 is 5.32 Å². The Morgan fingerprint density at radius 2 is 2.26 bits per heavy atom. The standard InChI is InChI=1S/C20H20N6S/c1-14-8-15(11-22-10-14)13-26-7-3-5-18(26)17-4-2-6-19(24-17)25-20-23-12-16(9-21)27-20/h2,4,6,8,10-12,18H,3,5,7,13H2,1H3,(H,23,24,25)/t18-/m0/s1. The number of nitrogens with zero attached hydrogens (tertiary/aromatic N) is 5. The lowest BCUT2D eigenvalue weighted by Crippen LogP contribution is -2.23. The van der Waals surface area contributed by atoms with Gasteiger partial charge in [-0.15, -0.1) is 0 Å². The molecule has 1 aliphatic rings. The third-order valence-corrected chi connectivity index (χ3v) is 5.46. The first kappa shape index (κ1) is 17.6. The molecule has 7 heteroatoms. The van der Waals surface area contributed by atoms with E-state index < -0.39 is 0 Å². The van der Waals surface area contributed by atoms with E-state index in [2.05, 4.69) is 45.3 Å². The molecule has 3 aromatic rings. The number of aromatic nitrogens is 3. The zero-order valence-electron chi connectivity index (χ0n) is 15.1. The van der Waals surface area contributed by atoms with Crippen LogP contribution in [0, 0.1) is 18.3 Å². The third-order valence-electron chi connectivity index (χ3n) is 4.64. The van der Waals surface area contributed by atoms with Crippen molar-refractivity contribution in [3.8, 4) is 6.07 Å². The van der Waals surface area contributed by atoms with Crippen LogP contribution >= 0.6 is 11.3 Å². The van der Waals surface area contributed by atoms with Crippen molar-refractivity contribution in [1.29, 1.82) is 5.26 Å². The lowest BCUT2D eigenvalue weighted by molar-refractivity contribution is 0.244. The highest BCUT2D eigenvalue weighted by Crippen LogP contribution is 2.33. The van der Waals surface area contributed by atoms with Crippen LogP contribution in [0.5, 0.6) is 0 Å². The van der Waals surface area contributed by atoms with Gasteiger partial charge in [0.1, 0.15) is 16.8 Å². The number of nitriles is 1. The average molecular weight is 376 g/mol. The molecule has 0 bridgehead atoms. The van der Waals surface area contributed by atoms with Crippen molar-refractivity contribution >= 4 is 22.3 Å². The molecule has 1 atom stereocenters. The van der Waals surface area contributed by atoms with Gasteiger partial charge in [0.05, 0.1) is 17.9 Å². The summed E-state index contributed by atoms with van der Waals surface area (Å²) in [5.74, 6) is 0.760. The molecule has 0 aliphatic carbocycles. The summed E-state index contributed by atoms with van der Waals surface area (Å²) < 4.78 is 0. The van der Waals surface area contributed by atoms with Crippen molar-refractivity contribution in [2.45, 2.75) is 32.4 Å². The Hall–Kier alpha value is -2.82. The van der Waals surface area contributed by atoms with Gasteiger partial charge in [-0.1, -0.05) is 23.5 Å². The summed E-state index contributed by atoms with van der Waals surface area (Å²) in [7, 11) is 0. The Bertz CT molecular complexity index is 976. The highest BCUT2D eigenvalue weighted by Gasteiger charge is 2.27. The predicted molar refractivity (Wildman–Crippen MR) is 106 cm³/mol. The number of anilines is 2. The van der Waals surface area contributed by atoms with Gasteiger partial charge in [-0.2, -0.15) is 5.26 Å². The van der Waals surface area contributed by atoms with E-state index in [4.69, 9.17) is 10.2 Å². The zero-order chi connectivity index (χ0) is 18.6. The van der Waals surface area contributed by atoms with Crippen molar-refractivity contribution in [1.82, 2.24) is 19.9 Å². The molecule has 1 saturated heterocycles. The fourth-order valence-corrected chi connectivity index (χ4v) is 4.11. The van der Waals surface area contributed by atoms with Gasteiger partial charge in [0, 0.05) is 18.9 Å². The second kappa shape index (κ2) is 7.82. The van der Waals surface area contributed by atoms with Crippen LogP contribution in [-0.4, -0.2) is 26.4 Å². The average Bonchev–Trinajstić information content (AvgIpc) is 3.31. The molecule has 1 aliphatic heterocycles. The molecular formula is C20H20N6S. The van der Waals surface area contributed by atoms with E-state index in [0.717, 1.165) is 31.0 Å². The number of pyridine rings is 2. The first-order valence-electron chi connectivity index (χ1n) is 8.96. The smallest absolute Gasteiger partial charge is 0.189 e. The molecule has 4 rings (SSSR count). The van der Waals surface area contributed by atoms with Gasteiger partial charge in [-0.3, -0.25) is 9.88 Å². The second-order valence-electron chi connectivity index (χ2n) is 6.71. The quantitative estimate of drug-likeness (QED) is 0.719. The Morgan fingerprint density at radius 1 is 1.33 bits per heavy atom. The highest BCUT2D eigenvalue weighted by atomic mass is 32.1. The maximum absolute atomic E-state index is 8.94. The normalized spacial score (nSPS) is 17.0. The number of nitrogens with one attached hydrogen (secondary N) is 1. The third kappa shape index (κ3) is 4.13. The van der Waals surface area contributed by atoms with Gasteiger partial charge in [0.15, 0.2) is 5.13 Å². The largest absolute Gasteiger partial charge is 0.316 e. The van der Waals surface area contributed by atoms with E-state index in [9.17, 15) is 0 Å². The van der Waals surface area contributed by atoms with E-state index in [1.54, 1.807) is 6.20 Å². The van der Waals surface area contributed by atoms with E-state index in [-0.39, 0.29) is 0 Å². The van der Waals surface area contributed by atoms with E-state index in [0.29, 0.717) is 16.1 Å². The van der Waals surface area contributed by atoms with Crippen molar-refractivity contribution in [2.24, 2.45) is 0 Å². The molecule has 0 saturated carbocycles. The molecule has 6 nitrogen and oxygen atoms in total. The first-order chi connectivity index (χ1) is 13.2. The summed E-state index contributed by atoms with van der Waals surface area (Å²) in [5.41, 5.74) is 3.49. The Kier molecular flexibility index (Phi) is 5.10. The maximum atomic E-state index is 8.94. The SMILES string of the molecule is Cc1cncc(CN2CCC[C@H]2c2cccc(Nc3ncc(C#N)s3)n2)c1. The minimum atomic E-state index is 0.304. The maximum Gasteiger partial charge on any atom is 0.189 e. The molecule has 3 aromatic heterocycles. The molecule has 136 valence electrons. The van der Waals surface area contributed by atoms with E-state index >= 15 is 0 Å². The number of aryl methyl sites for hydroxylation is 1. The van der Waals surface area contributed by atoms with Gasteiger partial charge in [0.2, 0.25) is 0 Å². The molecule has 1 fully saturated rings. The van der Waals surface area contributed by atoms with Crippen LogP contribution in [0.15, 0.2) is 42.9 Å². The Morgan fingerprint density at radius 3 is 3.07 bits per heavy atom. The Balaban J connectivity index is 1.51. The molecule has 4 heterocycles. The van der Waals surface area contributed by atoms with Crippen LogP contribution in [-0.2, 0) is 6.54 Å². The van der Waals surface area contributed by atoms with Crippen LogP contribution in [0.3, 0.4) is 0 Å². The van der Waals surface area contributed by atoms with Crippen LogP contribution in [0.1, 0.15) is 40.6 Å². The number of hydrogen-bond acceptors (Lipinski definition) is 7. The number of likely N-dealkylation sites (tertiary alicyclic amines) is 1. The molecule has 0 aromatic carbocycles. The molecule has 0 spiro atoms. The summed E-state index contributed by atoms with van der Waals surface area (Å²) in [4.78, 5) is 16.4. The highest BCUT2D eigenvalue weighted by molar-refractivity contribution is 7.16. The van der Waals surface area contributed by atoms with Crippen molar-refractivity contribution in [3.63, 3.8) is 0 Å².